The molecule has 0 radical (unpaired) electrons. The van der Waals surface area contributed by atoms with E-state index in [1.54, 1.807) is 0 Å². The minimum atomic E-state index is -2.80. The Hall–Kier alpha value is -0.170. The van der Waals surface area contributed by atoms with E-state index in [-0.39, 0.29) is 17.5 Å². The van der Waals surface area contributed by atoms with Gasteiger partial charge in [-0.1, -0.05) is 0 Å². The maximum atomic E-state index is 11.2. The molecule has 0 aromatic carbocycles. The Labute approximate surface area is 109 Å². The van der Waals surface area contributed by atoms with Gasteiger partial charge in [-0.25, -0.2) is 8.42 Å². The highest BCUT2D eigenvalue weighted by Crippen LogP contribution is 2.28. The minimum absolute atomic E-state index is 0.214. The molecule has 5 nitrogen and oxygen atoms in total. The molecule has 2 rings (SSSR count). The van der Waals surface area contributed by atoms with Gasteiger partial charge < -0.3 is 15.2 Å². The van der Waals surface area contributed by atoms with E-state index in [1.165, 1.54) is 12.8 Å². The highest BCUT2D eigenvalue weighted by molar-refractivity contribution is 7.91. The third-order valence-corrected chi connectivity index (χ3v) is 5.27. The van der Waals surface area contributed by atoms with Gasteiger partial charge in [0.2, 0.25) is 0 Å². The van der Waals surface area contributed by atoms with E-state index in [9.17, 15) is 13.5 Å². The summed E-state index contributed by atoms with van der Waals surface area (Å²) >= 11 is 0. The Bertz CT molecular complexity index is 339. The van der Waals surface area contributed by atoms with Crippen LogP contribution in [-0.4, -0.2) is 56.9 Å². The first kappa shape index (κ1) is 14.2. The van der Waals surface area contributed by atoms with Crippen molar-refractivity contribution >= 4 is 9.84 Å². The second-order valence-electron chi connectivity index (χ2n) is 5.47. The molecule has 0 spiro atoms. The van der Waals surface area contributed by atoms with E-state index >= 15 is 0 Å². The van der Waals surface area contributed by atoms with Crippen molar-refractivity contribution in [2.75, 3.05) is 31.3 Å². The Morgan fingerprint density at radius 1 is 1.22 bits per heavy atom. The van der Waals surface area contributed by atoms with Gasteiger partial charge in [0.15, 0.2) is 0 Å². The molecule has 1 atom stereocenters. The third-order valence-electron chi connectivity index (χ3n) is 3.56. The van der Waals surface area contributed by atoms with Crippen LogP contribution in [0.1, 0.15) is 25.7 Å². The molecule has 6 heteroatoms. The van der Waals surface area contributed by atoms with E-state index in [1.807, 2.05) is 0 Å². The molecule has 18 heavy (non-hydrogen) atoms. The van der Waals surface area contributed by atoms with Crippen molar-refractivity contribution in [3.05, 3.63) is 0 Å². The number of nitrogens with one attached hydrogen (secondary N) is 1. The molecule has 2 fully saturated rings. The second kappa shape index (κ2) is 6.32. The van der Waals surface area contributed by atoms with Gasteiger partial charge in [0.1, 0.15) is 9.84 Å². The number of aliphatic hydroxyl groups excluding tert-OH is 1. The second-order valence-corrected chi connectivity index (χ2v) is 7.77. The van der Waals surface area contributed by atoms with Crippen LogP contribution in [0, 0.1) is 5.92 Å². The van der Waals surface area contributed by atoms with E-state index in [0.717, 1.165) is 6.61 Å². The predicted molar refractivity (Wildman–Crippen MR) is 69.2 cm³/mol. The lowest BCUT2D eigenvalue weighted by Gasteiger charge is -2.24. The lowest BCUT2D eigenvalue weighted by molar-refractivity contribution is 0.0311. The SMILES string of the molecule is O=S1(=O)CCC(NCC(O)COCC2CC2)CC1. The van der Waals surface area contributed by atoms with E-state index in [0.29, 0.717) is 31.9 Å². The molecule has 0 bridgehead atoms. The summed E-state index contributed by atoms with van der Waals surface area (Å²) in [7, 11) is -2.80. The van der Waals surface area contributed by atoms with E-state index in [4.69, 9.17) is 4.74 Å². The zero-order valence-electron chi connectivity index (χ0n) is 10.7. The highest BCUT2D eigenvalue weighted by Gasteiger charge is 2.24. The third kappa shape index (κ3) is 5.22. The summed E-state index contributed by atoms with van der Waals surface area (Å²) in [5.74, 6) is 1.24. The number of hydrogen-bond donors (Lipinski definition) is 2. The van der Waals surface area contributed by atoms with Crippen LogP contribution in [0.25, 0.3) is 0 Å². The monoisotopic (exact) mass is 277 g/mol. The summed E-state index contributed by atoms with van der Waals surface area (Å²) < 4.78 is 27.9. The number of ether oxygens (including phenoxy) is 1. The summed E-state index contributed by atoms with van der Waals surface area (Å²) in [6.45, 7) is 1.61. The molecule has 106 valence electrons. The summed E-state index contributed by atoms with van der Waals surface area (Å²) in [6.07, 6.45) is 3.31. The van der Waals surface area contributed by atoms with Crippen LogP contribution in [-0.2, 0) is 14.6 Å². The first-order valence-corrected chi connectivity index (χ1v) is 8.57. The maximum Gasteiger partial charge on any atom is 0.150 e. The minimum Gasteiger partial charge on any atom is -0.389 e. The van der Waals surface area contributed by atoms with E-state index in [2.05, 4.69) is 5.32 Å². The molecule has 0 amide bonds. The molecule has 1 heterocycles. The van der Waals surface area contributed by atoms with Crippen LogP contribution in [0.3, 0.4) is 0 Å². The topological polar surface area (TPSA) is 75.6 Å². The largest absolute Gasteiger partial charge is 0.389 e. The lowest BCUT2D eigenvalue weighted by atomic mass is 10.1. The average molecular weight is 277 g/mol. The van der Waals surface area contributed by atoms with E-state index < -0.39 is 15.9 Å². The van der Waals surface area contributed by atoms with Crippen molar-refractivity contribution < 1.29 is 18.3 Å². The number of sulfone groups is 1. The molecular formula is C12H23NO4S. The Morgan fingerprint density at radius 2 is 1.89 bits per heavy atom. The van der Waals surface area contributed by atoms with Crippen LogP contribution >= 0.6 is 0 Å². The molecule has 1 saturated heterocycles. The van der Waals surface area contributed by atoms with Crippen LogP contribution in [0.15, 0.2) is 0 Å². The Balaban J connectivity index is 1.53. The van der Waals surface area contributed by atoms with Gasteiger partial charge in [0.25, 0.3) is 0 Å². The van der Waals surface area contributed by atoms with Crippen molar-refractivity contribution in [1.82, 2.24) is 5.32 Å². The number of rotatable bonds is 7. The first-order valence-electron chi connectivity index (χ1n) is 6.75. The average Bonchev–Trinajstić information content (AvgIpc) is 3.12. The zero-order chi connectivity index (χ0) is 13.0. The summed E-state index contributed by atoms with van der Waals surface area (Å²) in [5, 5.41) is 12.9. The maximum absolute atomic E-state index is 11.2. The van der Waals surface area contributed by atoms with Crippen molar-refractivity contribution in [2.45, 2.75) is 37.8 Å². The van der Waals surface area contributed by atoms with Crippen molar-refractivity contribution in [3.8, 4) is 0 Å². The van der Waals surface area contributed by atoms with Crippen LogP contribution in [0.4, 0.5) is 0 Å². The van der Waals surface area contributed by atoms with Crippen molar-refractivity contribution in [1.29, 1.82) is 0 Å². The van der Waals surface area contributed by atoms with Gasteiger partial charge in [0, 0.05) is 19.2 Å². The quantitative estimate of drug-likeness (QED) is 0.682. The Morgan fingerprint density at radius 3 is 2.50 bits per heavy atom. The molecule has 1 aliphatic heterocycles. The molecule has 0 aromatic heterocycles. The fraction of sp³-hybridized carbons (Fsp3) is 1.00. The fourth-order valence-electron chi connectivity index (χ4n) is 2.11. The molecular weight excluding hydrogens is 254 g/mol. The van der Waals surface area contributed by atoms with Gasteiger partial charge in [-0.2, -0.15) is 0 Å². The van der Waals surface area contributed by atoms with Crippen LogP contribution < -0.4 is 5.32 Å². The predicted octanol–water partition coefficient (Wildman–Crippen LogP) is -0.0593. The van der Waals surface area contributed by atoms with Gasteiger partial charge >= 0.3 is 0 Å². The molecule has 1 saturated carbocycles. The normalized spacial score (nSPS) is 26.1. The summed E-state index contributed by atoms with van der Waals surface area (Å²) in [6, 6.07) is 0.214. The van der Waals surface area contributed by atoms with Crippen molar-refractivity contribution in [2.24, 2.45) is 5.92 Å². The van der Waals surface area contributed by atoms with Gasteiger partial charge in [-0.3, -0.25) is 0 Å². The van der Waals surface area contributed by atoms with Crippen LogP contribution in [0.2, 0.25) is 0 Å². The Kier molecular flexibility index (Phi) is 5.00. The molecule has 2 N–H and O–H groups in total. The number of aliphatic hydroxyl groups is 1. The first-order chi connectivity index (χ1) is 8.55. The van der Waals surface area contributed by atoms with Gasteiger partial charge in [-0.05, 0) is 31.6 Å². The molecule has 2 aliphatic rings. The van der Waals surface area contributed by atoms with Crippen molar-refractivity contribution in [3.63, 3.8) is 0 Å². The summed E-state index contributed by atoms with van der Waals surface area (Å²) in [5.41, 5.74) is 0. The highest BCUT2D eigenvalue weighted by atomic mass is 32.2. The van der Waals surface area contributed by atoms with Gasteiger partial charge in [-0.15, -0.1) is 0 Å². The standard InChI is InChI=1S/C12H23NO4S/c14-12(9-17-8-10-1-2-10)7-13-11-3-5-18(15,16)6-4-11/h10-14H,1-9H2. The smallest absolute Gasteiger partial charge is 0.150 e. The fourth-order valence-corrected chi connectivity index (χ4v) is 3.60. The number of hydrogen-bond acceptors (Lipinski definition) is 5. The van der Waals surface area contributed by atoms with Gasteiger partial charge in [0.05, 0.1) is 24.2 Å². The molecule has 1 unspecified atom stereocenters. The zero-order valence-corrected chi connectivity index (χ0v) is 11.5. The van der Waals surface area contributed by atoms with Crippen LogP contribution in [0.5, 0.6) is 0 Å². The molecule has 0 aromatic rings. The molecule has 1 aliphatic carbocycles. The summed E-state index contributed by atoms with van der Waals surface area (Å²) in [4.78, 5) is 0. The lowest BCUT2D eigenvalue weighted by Crippen LogP contribution is -2.42.